The molecule has 1 amide bonds. The molecule has 34 heavy (non-hydrogen) atoms. The van der Waals surface area contributed by atoms with Crippen LogP contribution in [0.15, 0.2) is 28.8 Å². The monoisotopic (exact) mass is 471 g/mol. The maximum absolute atomic E-state index is 13.0. The van der Waals surface area contributed by atoms with E-state index in [0.29, 0.717) is 35.5 Å². The number of carboxylic acids is 1. The second-order valence-corrected chi connectivity index (χ2v) is 9.52. The molecule has 2 aromatic rings. The van der Waals surface area contributed by atoms with Gasteiger partial charge in [-0.3, -0.25) is 9.59 Å². The van der Waals surface area contributed by atoms with Gasteiger partial charge in [0.1, 0.15) is 5.76 Å². The first kappa shape index (κ1) is 25.7. The third-order valence-corrected chi connectivity index (χ3v) is 6.20. The van der Waals surface area contributed by atoms with Gasteiger partial charge in [-0.1, -0.05) is 32.0 Å². The fraction of sp³-hybridized carbons (Fsp3) is 0.577. The largest absolute Gasteiger partial charge is 0.481 e. The molecule has 1 aliphatic rings. The van der Waals surface area contributed by atoms with E-state index in [0.717, 1.165) is 43.9 Å². The predicted octanol–water partition coefficient (Wildman–Crippen LogP) is 4.77. The Kier molecular flexibility index (Phi) is 9.10. The Morgan fingerprint density at radius 3 is 2.56 bits per heavy atom. The van der Waals surface area contributed by atoms with Gasteiger partial charge in [0.2, 0.25) is 5.91 Å². The Hall–Kier alpha value is -2.87. The summed E-state index contributed by atoms with van der Waals surface area (Å²) in [5.74, 6) is -0.0461. The Labute approximate surface area is 201 Å². The lowest BCUT2D eigenvalue weighted by Gasteiger charge is -2.38. The van der Waals surface area contributed by atoms with Gasteiger partial charge in [-0.05, 0) is 55.7 Å². The zero-order chi connectivity index (χ0) is 24.7. The number of nitrogens with zero attached hydrogens (tertiary/aromatic N) is 2. The molecule has 186 valence electrons. The van der Waals surface area contributed by atoms with Gasteiger partial charge in [0.05, 0.1) is 29.9 Å². The van der Waals surface area contributed by atoms with E-state index >= 15 is 0 Å². The maximum atomic E-state index is 13.0. The number of benzene rings is 1. The normalized spacial score (nSPS) is 15.3. The SMILES string of the molecule is CCC(CC(=O)O)c1ccc(N(CC(C)C)C2CCOCC2)c(NC(=O)Cc2cc(C)on2)c1. The van der Waals surface area contributed by atoms with Crippen molar-refractivity contribution >= 4 is 23.3 Å². The number of nitrogens with one attached hydrogen (secondary N) is 1. The zero-order valence-electron chi connectivity index (χ0n) is 20.7. The van der Waals surface area contributed by atoms with Crippen molar-refractivity contribution in [1.82, 2.24) is 5.16 Å². The number of aromatic nitrogens is 1. The quantitative estimate of drug-likeness (QED) is 0.486. The van der Waals surface area contributed by atoms with Gasteiger partial charge >= 0.3 is 5.97 Å². The van der Waals surface area contributed by atoms with Crippen LogP contribution in [0.4, 0.5) is 11.4 Å². The molecule has 1 aromatic heterocycles. The van der Waals surface area contributed by atoms with Crippen molar-refractivity contribution in [3.8, 4) is 0 Å². The molecule has 1 aliphatic heterocycles. The Morgan fingerprint density at radius 2 is 1.97 bits per heavy atom. The summed E-state index contributed by atoms with van der Waals surface area (Å²) >= 11 is 0. The highest BCUT2D eigenvalue weighted by molar-refractivity contribution is 5.95. The van der Waals surface area contributed by atoms with Crippen molar-refractivity contribution < 1.29 is 24.0 Å². The first-order chi connectivity index (χ1) is 16.3. The van der Waals surface area contributed by atoms with Crippen LogP contribution in [0.2, 0.25) is 0 Å². The van der Waals surface area contributed by atoms with E-state index in [-0.39, 0.29) is 24.7 Å². The summed E-state index contributed by atoms with van der Waals surface area (Å²) in [5, 5.41) is 16.4. The number of carboxylic acid groups (broad SMARTS) is 1. The van der Waals surface area contributed by atoms with Crippen molar-refractivity contribution in [2.45, 2.75) is 71.8 Å². The molecule has 2 heterocycles. The number of carbonyl (C=O) groups excluding carboxylic acids is 1. The van der Waals surface area contributed by atoms with Gasteiger partial charge in [0.25, 0.3) is 0 Å². The smallest absolute Gasteiger partial charge is 0.303 e. The third kappa shape index (κ3) is 7.06. The fourth-order valence-corrected chi connectivity index (χ4v) is 4.56. The third-order valence-electron chi connectivity index (χ3n) is 6.20. The molecule has 1 saturated heterocycles. The van der Waals surface area contributed by atoms with Crippen molar-refractivity contribution in [1.29, 1.82) is 0 Å². The standard InChI is InChI=1S/C26H37N3O5/c1-5-19(14-26(31)32)20-6-7-24(29(16-17(2)3)22-8-10-33-11-9-22)23(13-20)27-25(30)15-21-12-18(4)34-28-21/h6-7,12-13,17,19,22H,5,8-11,14-16H2,1-4H3,(H,27,30)(H,31,32). The van der Waals surface area contributed by atoms with Crippen molar-refractivity contribution in [3.63, 3.8) is 0 Å². The minimum atomic E-state index is -0.827. The van der Waals surface area contributed by atoms with Crippen LogP contribution in [0.25, 0.3) is 0 Å². The molecule has 2 N–H and O–H groups in total. The van der Waals surface area contributed by atoms with Gasteiger partial charge < -0.3 is 24.6 Å². The Bertz CT molecular complexity index is 965. The number of aliphatic carboxylic acids is 1. The number of aryl methyl sites for hydroxylation is 1. The van der Waals surface area contributed by atoms with Crippen LogP contribution >= 0.6 is 0 Å². The molecule has 1 aromatic carbocycles. The lowest BCUT2D eigenvalue weighted by atomic mass is 9.92. The van der Waals surface area contributed by atoms with Crippen LogP contribution in [0, 0.1) is 12.8 Å². The van der Waals surface area contributed by atoms with Crippen LogP contribution in [0.3, 0.4) is 0 Å². The number of hydrogen-bond acceptors (Lipinski definition) is 6. The molecule has 1 atom stereocenters. The Morgan fingerprint density at radius 1 is 1.24 bits per heavy atom. The van der Waals surface area contributed by atoms with Crippen LogP contribution in [0.1, 0.15) is 69.4 Å². The van der Waals surface area contributed by atoms with Crippen LogP contribution in [-0.2, 0) is 20.7 Å². The van der Waals surface area contributed by atoms with E-state index in [1.54, 1.807) is 13.0 Å². The lowest BCUT2D eigenvalue weighted by molar-refractivity contribution is -0.137. The summed E-state index contributed by atoms with van der Waals surface area (Å²) in [6.45, 7) is 10.4. The highest BCUT2D eigenvalue weighted by Crippen LogP contribution is 2.35. The lowest BCUT2D eigenvalue weighted by Crippen LogP contribution is -2.42. The molecule has 0 saturated carbocycles. The molecular formula is C26H37N3O5. The molecule has 0 bridgehead atoms. The van der Waals surface area contributed by atoms with Crippen LogP contribution < -0.4 is 10.2 Å². The highest BCUT2D eigenvalue weighted by atomic mass is 16.5. The topological polar surface area (TPSA) is 105 Å². The van der Waals surface area contributed by atoms with Gasteiger partial charge in [0, 0.05) is 31.9 Å². The van der Waals surface area contributed by atoms with Gasteiger partial charge in [0.15, 0.2) is 0 Å². The van der Waals surface area contributed by atoms with Gasteiger partial charge in [-0.2, -0.15) is 0 Å². The summed E-state index contributed by atoms with van der Waals surface area (Å²) in [6, 6.07) is 8.06. The number of amides is 1. The average Bonchev–Trinajstić information content (AvgIpc) is 3.20. The summed E-state index contributed by atoms with van der Waals surface area (Å²) in [6.07, 6.45) is 2.71. The molecule has 0 aliphatic carbocycles. The number of hydrogen-bond donors (Lipinski definition) is 2. The van der Waals surface area contributed by atoms with E-state index in [1.165, 1.54) is 0 Å². The fourth-order valence-electron chi connectivity index (χ4n) is 4.56. The number of carbonyl (C=O) groups is 2. The van der Waals surface area contributed by atoms with E-state index in [4.69, 9.17) is 9.26 Å². The van der Waals surface area contributed by atoms with E-state index in [2.05, 4.69) is 29.2 Å². The minimum Gasteiger partial charge on any atom is -0.481 e. The number of ether oxygens (including phenoxy) is 1. The number of anilines is 2. The minimum absolute atomic E-state index is 0.0527. The average molecular weight is 472 g/mol. The molecular weight excluding hydrogens is 434 g/mol. The van der Waals surface area contributed by atoms with Gasteiger partial charge in [-0.25, -0.2) is 0 Å². The Balaban J connectivity index is 1.96. The van der Waals surface area contributed by atoms with E-state index < -0.39 is 5.97 Å². The molecule has 8 nitrogen and oxygen atoms in total. The zero-order valence-corrected chi connectivity index (χ0v) is 20.7. The predicted molar refractivity (Wildman–Crippen MR) is 131 cm³/mol. The van der Waals surface area contributed by atoms with Crippen molar-refractivity contribution in [2.75, 3.05) is 30.0 Å². The number of rotatable bonds is 11. The second kappa shape index (κ2) is 12.0. The summed E-state index contributed by atoms with van der Waals surface area (Å²) in [4.78, 5) is 26.8. The summed E-state index contributed by atoms with van der Waals surface area (Å²) in [5.41, 5.74) is 3.16. The second-order valence-electron chi connectivity index (χ2n) is 9.52. The molecule has 8 heteroatoms. The molecule has 3 rings (SSSR count). The summed E-state index contributed by atoms with van der Waals surface area (Å²) < 4.78 is 10.7. The van der Waals surface area contributed by atoms with E-state index in [9.17, 15) is 14.7 Å². The van der Waals surface area contributed by atoms with Crippen molar-refractivity contribution in [2.24, 2.45) is 5.92 Å². The first-order valence-corrected chi connectivity index (χ1v) is 12.2. The van der Waals surface area contributed by atoms with E-state index in [1.807, 2.05) is 25.1 Å². The van der Waals surface area contributed by atoms with Crippen LogP contribution in [-0.4, -0.2) is 47.9 Å². The molecule has 0 radical (unpaired) electrons. The first-order valence-electron chi connectivity index (χ1n) is 12.2. The van der Waals surface area contributed by atoms with Crippen molar-refractivity contribution in [3.05, 3.63) is 41.3 Å². The maximum Gasteiger partial charge on any atom is 0.303 e. The molecule has 0 spiro atoms. The van der Waals surface area contributed by atoms with Crippen LogP contribution in [0.5, 0.6) is 0 Å². The molecule has 1 fully saturated rings. The van der Waals surface area contributed by atoms with Gasteiger partial charge in [-0.15, -0.1) is 0 Å². The summed E-state index contributed by atoms with van der Waals surface area (Å²) in [7, 11) is 0. The molecule has 1 unspecified atom stereocenters. The highest BCUT2D eigenvalue weighted by Gasteiger charge is 2.26.